The van der Waals surface area contributed by atoms with Gasteiger partial charge in [0.25, 0.3) is 6.43 Å². The number of alkyl halides is 5. The first-order valence-electron chi connectivity index (χ1n) is 4.76. The van der Waals surface area contributed by atoms with E-state index in [0.29, 0.717) is 0 Å². The Morgan fingerprint density at radius 1 is 1.35 bits per heavy atom. The molecule has 0 spiro atoms. The number of primary sulfonamides is 1. The molecule has 0 saturated carbocycles. The minimum Gasteiger partial charge on any atom is -0.388 e. The number of halogens is 5. The minimum atomic E-state index is -5.18. The van der Waals surface area contributed by atoms with Crippen molar-refractivity contribution in [3.63, 3.8) is 0 Å². The van der Waals surface area contributed by atoms with Gasteiger partial charge in [0, 0.05) is 12.6 Å². The first kappa shape index (κ1) is 16.5. The maximum absolute atomic E-state index is 12.8. The van der Waals surface area contributed by atoms with E-state index in [0.717, 1.165) is 0 Å². The van der Waals surface area contributed by atoms with Crippen LogP contribution in [0, 0.1) is 0 Å². The second-order valence-electron chi connectivity index (χ2n) is 3.42. The first-order valence-corrected chi connectivity index (χ1v) is 6.31. The summed E-state index contributed by atoms with van der Waals surface area (Å²) in [7, 11) is -4.71. The van der Waals surface area contributed by atoms with Gasteiger partial charge in [-0.3, -0.25) is 0 Å². The third-order valence-electron chi connectivity index (χ3n) is 2.01. The van der Waals surface area contributed by atoms with Crippen molar-refractivity contribution in [1.82, 2.24) is 4.98 Å². The molecule has 0 bridgehead atoms. The predicted molar refractivity (Wildman–Crippen MR) is 55.1 cm³/mol. The third kappa shape index (κ3) is 3.98. The molecule has 1 aromatic heterocycles. The Morgan fingerprint density at radius 3 is 2.25 bits per heavy atom. The number of sulfonamides is 1. The van der Waals surface area contributed by atoms with Gasteiger partial charge in [0.15, 0.2) is 0 Å². The fourth-order valence-electron chi connectivity index (χ4n) is 1.35. The fraction of sp³-hybridized carbons (Fsp3) is 0.375. The monoisotopic (exact) mass is 321 g/mol. The van der Waals surface area contributed by atoms with Crippen molar-refractivity contribution >= 4 is 10.0 Å². The predicted octanol–water partition coefficient (Wildman–Crippen LogP) is 1.02. The highest BCUT2D eigenvalue weighted by molar-refractivity contribution is 7.89. The summed E-state index contributed by atoms with van der Waals surface area (Å²) < 4.78 is 87.5. The Labute approximate surface area is 109 Å². The van der Waals surface area contributed by atoms with E-state index in [1.807, 2.05) is 0 Å². The maximum Gasteiger partial charge on any atom is 0.574 e. The lowest BCUT2D eigenvalue weighted by Crippen LogP contribution is -2.22. The number of nitrogens with zero attached hydrogens (tertiary/aromatic N) is 1. The molecule has 0 radical (unpaired) electrons. The Morgan fingerprint density at radius 2 is 1.90 bits per heavy atom. The summed E-state index contributed by atoms with van der Waals surface area (Å²) in [5.41, 5.74) is 3.16. The lowest BCUT2D eigenvalue weighted by atomic mass is 10.2. The molecule has 0 aliphatic heterocycles. The largest absolute Gasteiger partial charge is 0.574 e. The van der Waals surface area contributed by atoms with Crippen molar-refractivity contribution in [3.05, 3.63) is 17.3 Å². The van der Waals surface area contributed by atoms with Gasteiger partial charge in [-0.1, -0.05) is 0 Å². The van der Waals surface area contributed by atoms with Gasteiger partial charge in [-0.05, 0) is 0 Å². The van der Waals surface area contributed by atoms with Gasteiger partial charge in [0.1, 0.15) is 0 Å². The Bertz CT molecular complexity index is 602. The van der Waals surface area contributed by atoms with Crippen LogP contribution in [0.3, 0.4) is 0 Å². The summed E-state index contributed by atoms with van der Waals surface area (Å²) in [6.45, 7) is -0.725. The SMILES string of the molecule is NCc1nc(OC(F)(F)F)cc(S(N)(=O)=O)c1C(F)F. The quantitative estimate of drug-likeness (QED) is 0.805. The standard InChI is InChI=1S/C8H8F5N3O3S/c9-7(10)6-3(2-14)16-5(19-8(11,12)13)1-4(6)20(15,17)18/h1,7H,2,14H2,(H2,15,17,18). The first-order chi connectivity index (χ1) is 8.95. The molecular formula is C8H8F5N3O3S. The molecule has 0 amide bonds. The molecule has 0 unspecified atom stereocenters. The van der Waals surface area contributed by atoms with E-state index >= 15 is 0 Å². The van der Waals surface area contributed by atoms with Crippen LogP contribution in [-0.4, -0.2) is 19.8 Å². The van der Waals surface area contributed by atoms with E-state index in [1.165, 1.54) is 0 Å². The molecule has 4 N–H and O–H groups in total. The van der Waals surface area contributed by atoms with Gasteiger partial charge in [-0.15, -0.1) is 13.2 Å². The zero-order valence-corrected chi connectivity index (χ0v) is 10.3. The van der Waals surface area contributed by atoms with Crippen LogP contribution in [0.1, 0.15) is 17.7 Å². The number of aromatic nitrogens is 1. The lowest BCUT2D eigenvalue weighted by Gasteiger charge is -2.14. The molecular weight excluding hydrogens is 313 g/mol. The molecule has 12 heteroatoms. The van der Waals surface area contributed by atoms with E-state index < -0.39 is 51.4 Å². The molecule has 114 valence electrons. The van der Waals surface area contributed by atoms with Gasteiger partial charge in [0.2, 0.25) is 15.9 Å². The molecule has 0 saturated heterocycles. The summed E-state index contributed by atoms with van der Waals surface area (Å²) in [6, 6.07) is 0.170. The molecule has 1 heterocycles. The van der Waals surface area contributed by atoms with Crippen molar-refractivity contribution in [2.75, 3.05) is 0 Å². The summed E-state index contributed by atoms with van der Waals surface area (Å²) in [5.74, 6) is -1.24. The van der Waals surface area contributed by atoms with Gasteiger partial charge in [-0.25, -0.2) is 27.3 Å². The number of hydrogen-bond donors (Lipinski definition) is 2. The second kappa shape index (κ2) is 5.46. The average molecular weight is 321 g/mol. The normalized spacial score (nSPS) is 12.8. The molecule has 0 aliphatic rings. The molecule has 0 aromatic carbocycles. The van der Waals surface area contributed by atoms with E-state index in [9.17, 15) is 30.4 Å². The van der Waals surface area contributed by atoms with E-state index in [1.54, 1.807) is 0 Å². The van der Waals surface area contributed by atoms with Crippen LogP contribution < -0.4 is 15.6 Å². The molecule has 0 atom stereocenters. The highest BCUT2D eigenvalue weighted by Gasteiger charge is 2.34. The summed E-state index contributed by atoms with van der Waals surface area (Å²) in [4.78, 5) is 1.88. The number of ether oxygens (including phenoxy) is 1. The van der Waals surface area contributed by atoms with Gasteiger partial charge in [-0.2, -0.15) is 0 Å². The molecule has 20 heavy (non-hydrogen) atoms. The van der Waals surface area contributed by atoms with Crippen molar-refractivity contribution in [2.24, 2.45) is 10.9 Å². The summed E-state index contributed by atoms with van der Waals surface area (Å²) in [6.07, 6.45) is -8.52. The van der Waals surface area contributed by atoms with Crippen LogP contribution >= 0.6 is 0 Å². The second-order valence-corrected chi connectivity index (χ2v) is 4.95. The lowest BCUT2D eigenvalue weighted by molar-refractivity contribution is -0.276. The van der Waals surface area contributed by atoms with Crippen molar-refractivity contribution < 1.29 is 35.1 Å². The van der Waals surface area contributed by atoms with Crippen LogP contribution in [0.15, 0.2) is 11.0 Å². The number of hydrogen-bond acceptors (Lipinski definition) is 5. The van der Waals surface area contributed by atoms with Crippen molar-refractivity contribution in [2.45, 2.75) is 24.2 Å². The topological polar surface area (TPSA) is 108 Å². The van der Waals surface area contributed by atoms with Crippen LogP contribution in [0.5, 0.6) is 5.88 Å². The fourth-order valence-corrected chi connectivity index (χ4v) is 2.13. The average Bonchev–Trinajstić information content (AvgIpc) is 2.23. The van der Waals surface area contributed by atoms with Gasteiger partial charge < -0.3 is 10.5 Å². The molecule has 0 fully saturated rings. The Hall–Kier alpha value is -1.53. The zero-order valence-electron chi connectivity index (χ0n) is 9.49. The van der Waals surface area contributed by atoms with Gasteiger partial charge in [0.05, 0.1) is 16.2 Å². The molecule has 0 aliphatic carbocycles. The van der Waals surface area contributed by atoms with Crippen LogP contribution in [0.4, 0.5) is 22.0 Å². The molecule has 6 nitrogen and oxygen atoms in total. The van der Waals surface area contributed by atoms with Crippen molar-refractivity contribution in [3.8, 4) is 5.88 Å². The number of rotatable bonds is 4. The molecule has 1 aromatic rings. The number of pyridine rings is 1. The van der Waals surface area contributed by atoms with Crippen molar-refractivity contribution in [1.29, 1.82) is 0 Å². The summed E-state index contributed by atoms with van der Waals surface area (Å²) >= 11 is 0. The van der Waals surface area contributed by atoms with Crippen LogP contribution in [0.25, 0.3) is 0 Å². The Kier molecular flexibility index (Phi) is 4.51. The van der Waals surface area contributed by atoms with Crippen LogP contribution in [0.2, 0.25) is 0 Å². The maximum atomic E-state index is 12.8. The molecule has 1 rings (SSSR count). The minimum absolute atomic E-state index is 0.170. The number of nitrogens with two attached hydrogens (primary N) is 2. The third-order valence-corrected chi connectivity index (χ3v) is 2.97. The summed E-state index contributed by atoms with van der Waals surface area (Å²) in [5, 5.41) is 4.69. The van der Waals surface area contributed by atoms with Gasteiger partial charge >= 0.3 is 6.36 Å². The zero-order chi connectivity index (χ0) is 15.7. The highest BCUT2D eigenvalue weighted by Crippen LogP contribution is 2.32. The highest BCUT2D eigenvalue weighted by atomic mass is 32.2. The van der Waals surface area contributed by atoms with Crippen LogP contribution in [-0.2, 0) is 16.6 Å². The van der Waals surface area contributed by atoms with E-state index in [-0.39, 0.29) is 6.07 Å². The van der Waals surface area contributed by atoms with E-state index in [4.69, 9.17) is 5.73 Å². The smallest absolute Gasteiger partial charge is 0.388 e. The Balaban J connectivity index is 3.57. The van der Waals surface area contributed by atoms with E-state index in [2.05, 4.69) is 14.9 Å².